The Morgan fingerprint density at radius 3 is 2.70 bits per heavy atom. The largest absolute Gasteiger partial charge is 0.322 e. The second-order valence-electron chi connectivity index (χ2n) is 4.89. The number of carbonyl (C=O) groups is 1. The lowest BCUT2D eigenvalue weighted by molar-refractivity contribution is -0.111. The Kier molecular flexibility index (Phi) is 4.54. The minimum Gasteiger partial charge on any atom is -0.322 e. The van der Waals surface area contributed by atoms with Crippen LogP contribution in [-0.2, 0) is 11.3 Å². The maximum absolute atomic E-state index is 11.8. The quantitative estimate of drug-likeness (QED) is 0.735. The molecule has 1 amide bonds. The summed E-state index contributed by atoms with van der Waals surface area (Å²) in [5.74, 6) is -0.228. The summed E-state index contributed by atoms with van der Waals surface area (Å²) in [6.45, 7) is 0.644. The molecule has 0 aliphatic heterocycles. The maximum Gasteiger partial charge on any atom is 0.248 e. The number of hydrogen-bond acceptors (Lipinski definition) is 4. The number of carbonyl (C=O) groups excluding carboxylic acids is 1. The van der Waals surface area contributed by atoms with Crippen LogP contribution in [0, 0.1) is 0 Å². The Hall–Kier alpha value is -3.28. The topological polar surface area (TPSA) is 72.7 Å². The fraction of sp³-hybridized carbons (Fsp3) is 0.0588. The van der Waals surface area contributed by atoms with Crippen LogP contribution >= 0.6 is 0 Å². The highest BCUT2D eigenvalue weighted by Crippen LogP contribution is 2.05. The molecular weight excluding hydrogens is 290 g/mol. The van der Waals surface area contributed by atoms with Crippen LogP contribution < -0.4 is 5.32 Å². The summed E-state index contributed by atoms with van der Waals surface area (Å²) in [5.41, 5.74) is 2.47. The summed E-state index contributed by atoms with van der Waals surface area (Å²) in [7, 11) is 0. The highest BCUT2D eigenvalue weighted by molar-refractivity contribution is 6.01. The minimum absolute atomic E-state index is 0.228. The van der Waals surface area contributed by atoms with E-state index in [4.69, 9.17) is 0 Å². The zero-order valence-corrected chi connectivity index (χ0v) is 12.3. The van der Waals surface area contributed by atoms with Gasteiger partial charge in [-0.1, -0.05) is 35.5 Å². The van der Waals surface area contributed by atoms with Crippen LogP contribution in [0.4, 0.5) is 5.69 Å². The molecule has 1 aromatic carbocycles. The van der Waals surface area contributed by atoms with Gasteiger partial charge in [0.25, 0.3) is 0 Å². The SMILES string of the molecule is O=C(/C=C/c1cn(Cc2ccccc2)nn1)Nc1ccncc1. The highest BCUT2D eigenvalue weighted by Gasteiger charge is 2.01. The summed E-state index contributed by atoms with van der Waals surface area (Å²) >= 11 is 0. The van der Waals surface area contributed by atoms with Gasteiger partial charge in [0.15, 0.2) is 0 Å². The van der Waals surface area contributed by atoms with Gasteiger partial charge in [-0.3, -0.25) is 9.78 Å². The van der Waals surface area contributed by atoms with Gasteiger partial charge < -0.3 is 5.32 Å². The van der Waals surface area contributed by atoms with E-state index in [0.717, 1.165) is 5.56 Å². The molecule has 0 atom stereocenters. The first-order valence-electron chi connectivity index (χ1n) is 7.13. The molecule has 0 unspecified atom stereocenters. The number of pyridine rings is 1. The number of amides is 1. The van der Waals surface area contributed by atoms with Crippen molar-refractivity contribution in [1.29, 1.82) is 0 Å². The van der Waals surface area contributed by atoms with Crippen molar-refractivity contribution in [2.24, 2.45) is 0 Å². The van der Waals surface area contributed by atoms with E-state index in [2.05, 4.69) is 20.6 Å². The lowest BCUT2D eigenvalue weighted by Gasteiger charge is -1.99. The average molecular weight is 305 g/mol. The molecule has 6 heteroatoms. The first kappa shape index (κ1) is 14.6. The van der Waals surface area contributed by atoms with Crippen molar-refractivity contribution in [3.8, 4) is 0 Å². The molecule has 0 radical (unpaired) electrons. The summed E-state index contributed by atoms with van der Waals surface area (Å²) in [6, 6.07) is 13.4. The normalized spacial score (nSPS) is 10.8. The third-order valence-corrected chi connectivity index (χ3v) is 3.10. The molecule has 6 nitrogen and oxygen atoms in total. The first-order chi connectivity index (χ1) is 11.3. The molecule has 0 aliphatic carbocycles. The van der Waals surface area contributed by atoms with E-state index in [1.54, 1.807) is 41.5 Å². The zero-order chi connectivity index (χ0) is 15.9. The lowest BCUT2D eigenvalue weighted by atomic mass is 10.2. The fourth-order valence-corrected chi connectivity index (χ4v) is 2.02. The maximum atomic E-state index is 11.8. The predicted molar refractivity (Wildman–Crippen MR) is 87.5 cm³/mol. The van der Waals surface area contributed by atoms with E-state index in [9.17, 15) is 4.79 Å². The van der Waals surface area contributed by atoms with Gasteiger partial charge in [-0.25, -0.2) is 4.68 Å². The van der Waals surface area contributed by atoms with E-state index < -0.39 is 0 Å². The second-order valence-corrected chi connectivity index (χ2v) is 4.89. The van der Waals surface area contributed by atoms with Crippen molar-refractivity contribution < 1.29 is 4.79 Å². The lowest BCUT2D eigenvalue weighted by Crippen LogP contribution is -2.07. The molecule has 0 fully saturated rings. The molecule has 0 saturated carbocycles. The van der Waals surface area contributed by atoms with Crippen LogP contribution in [0.25, 0.3) is 6.08 Å². The third-order valence-electron chi connectivity index (χ3n) is 3.10. The van der Waals surface area contributed by atoms with Crippen molar-refractivity contribution in [2.75, 3.05) is 5.32 Å². The molecule has 114 valence electrons. The second kappa shape index (κ2) is 7.13. The molecule has 3 aromatic rings. The Morgan fingerprint density at radius 1 is 1.13 bits per heavy atom. The van der Waals surface area contributed by atoms with Crippen molar-refractivity contribution in [3.63, 3.8) is 0 Å². The zero-order valence-electron chi connectivity index (χ0n) is 12.3. The summed E-state index contributed by atoms with van der Waals surface area (Å²) < 4.78 is 1.73. The van der Waals surface area contributed by atoms with Gasteiger partial charge in [-0.15, -0.1) is 5.10 Å². The molecular formula is C17H15N5O. The number of hydrogen-bond donors (Lipinski definition) is 1. The molecule has 1 N–H and O–H groups in total. The number of anilines is 1. The number of nitrogens with zero attached hydrogens (tertiary/aromatic N) is 4. The van der Waals surface area contributed by atoms with E-state index in [1.807, 2.05) is 30.3 Å². The Labute approximate surface area is 133 Å². The van der Waals surface area contributed by atoms with Gasteiger partial charge in [-0.2, -0.15) is 0 Å². The van der Waals surface area contributed by atoms with E-state index in [1.165, 1.54) is 6.08 Å². The van der Waals surface area contributed by atoms with Crippen LogP contribution in [0.2, 0.25) is 0 Å². The molecule has 3 rings (SSSR count). The van der Waals surface area contributed by atoms with E-state index >= 15 is 0 Å². The van der Waals surface area contributed by atoms with Gasteiger partial charge in [0, 0.05) is 24.2 Å². The third kappa shape index (κ3) is 4.34. The summed E-state index contributed by atoms with van der Waals surface area (Å²) in [6.07, 6.45) is 8.09. The van der Waals surface area contributed by atoms with Crippen LogP contribution in [0.3, 0.4) is 0 Å². The fourth-order valence-electron chi connectivity index (χ4n) is 2.02. The summed E-state index contributed by atoms with van der Waals surface area (Å²) in [5, 5.41) is 10.8. The Morgan fingerprint density at radius 2 is 1.91 bits per heavy atom. The molecule has 0 bridgehead atoms. The van der Waals surface area contributed by atoms with Crippen LogP contribution in [0.5, 0.6) is 0 Å². The summed E-state index contributed by atoms with van der Waals surface area (Å²) in [4.78, 5) is 15.7. The number of nitrogens with one attached hydrogen (secondary N) is 1. The molecule has 23 heavy (non-hydrogen) atoms. The van der Waals surface area contributed by atoms with Gasteiger partial charge in [0.2, 0.25) is 5.91 Å². The van der Waals surface area contributed by atoms with Gasteiger partial charge >= 0.3 is 0 Å². The molecule has 2 heterocycles. The van der Waals surface area contributed by atoms with Crippen LogP contribution in [0.1, 0.15) is 11.3 Å². The number of aromatic nitrogens is 4. The van der Waals surface area contributed by atoms with Crippen molar-refractivity contribution >= 4 is 17.7 Å². The predicted octanol–water partition coefficient (Wildman–Crippen LogP) is 2.37. The van der Waals surface area contributed by atoms with Gasteiger partial charge in [0.1, 0.15) is 5.69 Å². The smallest absolute Gasteiger partial charge is 0.248 e. The van der Waals surface area contributed by atoms with Gasteiger partial charge in [0.05, 0.1) is 12.7 Å². The van der Waals surface area contributed by atoms with Crippen LogP contribution in [0.15, 0.2) is 67.1 Å². The highest BCUT2D eigenvalue weighted by atomic mass is 16.1. The molecule has 0 spiro atoms. The number of rotatable bonds is 5. The van der Waals surface area contributed by atoms with Crippen molar-refractivity contribution in [2.45, 2.75) is 6.54 Å². The molecule has 2 aromatic heterocycles. The average Bonchev–Trinajstić information content (AvgIpc) is 3.02. The number of benzene rings is 1. The molecule has 0 saturated heterocycles. The van der Waals surface area contributed by atoms with Crippen molar-refractivity contribution in [1.82, 2.24) is 20.0 Å². The van der Waals surface area contributed by atoms with E-state index in [-0.39, 0.29) is 5.91 Å². The van der Waals surface area contributed by atoms with Crippen molar-refractivity contribution in [3.05, 3.63) is 78.4 Å². The van der Waals surface area contributed by atoms with Crippen LogP contribution in [-0.4, -0.2) is 25.9 Å². The van der Waals surface area contributed by atoms with E-state index in [0.29, 0.717) is 17.9 Å². The Balaban J connectivity index is 1.59. The first-order valence-corrected chi connectivity index (χ1v) is 7.13. The standard InChI is InChI=1S/C17H15N5O/c23-17(19-15-8-10-18-11-9-15)7-6-16-13-22(21-20-16)12-14-4-2-1-3-5-14/h1-11,13H,12H2,(H,18,19,23)/b7-6+. The monoisotopic (exact) mass is 305 g/mol. The molecule has 0 aliphatic rings. The van der Waals surface area contributed by atoms with Gasteiger partial charge in [-0.05, 0) is 23.8 Å². The Bertz CT molecular complexity index is 796. The minimum atomic E-state index is -0.228.